The quantitative estimate of drug-likeness (QED) is 0.806. The van der Waals surface area contributed by atoms with Crippen molar-refractivity contribution >= 4 is 11.7 Å². The molecule has 0 saturated heterocycles. The first-order valence-electron chi connectivity index (χ1n) is 7.21. The Hall–Kier alpha value is -2.15. The molecule has 1 N–H and O–H groups in total. The number of aliphatic hydroxyl groups excluding tert-OH is 1. The molecule has 1 aliphatic heterocycles. The summed E-state index contributed by atoms with van der Waals surface area (Å²) in [4.78, 5) is 17.9. The molecule has 2 aromatic rings. The zero-order valence-electron chi connectivity index (χ0n) is 13.4. The molecule has 0 bridgehead atoms. The first-order valence-corrected chi connectivity index (χ1v) is 7.21. The number of rotatable bonds is 0. The molecule has 0 aromatic carbocycles. The summed E-state index contributed by atoms with van der Waals surface area (Å²) in [6.45, 7) is 9.42. The topological polar surface area (TPSA) is 80.0 Å². The van der Waals surface area contributed by atoms with Crippen molar-refractivity contribution in [3.63, 3.8) is 0 Å². The van der Waals surface area contributed by atoms with E-state index in [1.165, 1.54) is 4.90 Å². The van der Waals surface area contributed by atoms with E-state index in [2.05, 4.69) is 10.1 Å². The number of aliphatic hydroxyl groups is 1. The van der Waals surface area contributed by atoms with E-state index < -0.39 is 17.9 Å². The number of amides is 1. The van der Waals surface area contributed by atoms with E-state index >= 15 is 0 Å². The second-order valence-corrected chi connectivity index (χ2v) is 6.60. The minimum Gasteiger partial charge on any atom is -0.444 e. The van der Waals surface area contributed by atoms with Gasteiger partial charge in [0.25, 0.3) is 0 Å². The number of pyridine rings is 1. The van der Waals surface area contributed by atoms with Crippen LogP contribution in [0.5, 0.6) is 0 Å². The minimum atomic E-state index is -1.09. The molecule has 0 fully saturated rings. The van der Waals surface area contributed by atoms with Crippen LogP contribution in [-0.4, -0.2) is 36.3 Å². The average molecular weight is 304 g/mol. The molecule has 3 heterocycles. The van der Waals surface area contributed by atoms with Crippen LogP contribution in [0.25, 0.3) is 5.65 Å². The fourth-order valence-corrected chi connectivity index (χ4v) is 2.67. The van der Waals surface area contributed by atoms with Gasteiger partial charge in [-0.2, -0.15) is 5.10 Å². The van der Waals surface area contributed by atoms with Gasteiger partial charge in [-0.05, 0) is 46.2 Å². The van der Waals surface area contributed by atoms with Crippen molar-refractivity contribution in [2.24, 2.45) is 0 Å². The predicted octanol–water partition coefficient (Wildman–Crippen LogP) is 2.09. The van der Waals surface area contributed by atoms with Gasteiger partial charge in [-0.15, -0.1) is 0 Å². The molecule has 118 valence electrons. The molecule has 0 spiro atoms. The summed E-state index contributed by atoms with van der Waals surface area (Å²) in [5, 5.41) is 14.9. The fourth-order valence-electron chi connectivity index (χ4n) is 2.67. The predicted molar refractivity (Wildman–Crippen MR) is 79.2 cm³/mol. The van der Waals surface area contributed by atoms with Crippen LogP contribution in [-0.2, 0) is 11.3 Å². The second kappa shape index (κ2) is 4.67. The first kappa shape index (κ1) is 14.8. The van der Waals surface area contributed by atoms with E-state index in [9.17, 15) is 9.90 Å². The lowest BCUT2D eigenvalue weighted by atomic mass is 10.1. The highest BCUT2D eigenvalue weighted by Crippen LogP contribution is 2.35. The SMILES string of the molecule is Cc1nc2cc(C)c3c(n2n1)C(O)N(C(=O)OC(C)(C)C)C3. The van der Waals surface area contributed by atoms with Gasteiger partial charge in [-0.1, -0.05) is 0 Å². The highest BCUT2D eigenvalue weighted by Gasteiger charge is 2.38. The van der Waals surface area contributed by atoms with Crippen molar-refractivity contribution < 1.29 is 14.6 Å². The van der Waals surface area contributed by atoms with Crippen LogP contribution < -0.4 is 0 Å². The number of carbonyl (C=O) groups excluding carboxylic acids is 1. The molecule has 1 unspecified atom stereocenters. The van der Waals surface area contributed by atoms with Crippen molar-refractivity contribution in [3.8, 4) is 0 Å². The summed E-state index contributed by atoms with van der Waals surface area (Å²) in [7, 11) is 0. The molecule has 22 heavy (non-hydrogen) atoms. The smallest absolute Gasteiger partial charge is 0.412 e. The van der Waals surface area contributed by atoms with Gasteiger partial charge in [-0.25, -0.2) is 14.3 Å². The summed E-state index contributed by atoms with van der Waals surface area (Å²) < 4.78 is 6.97. The molecule has 3 rings (SSSR count). The molecule has 0 saturated carbocycles. The maximum Gasteiger partial charge on any atom is 0.412 e. The van der Waals surface area contributed by atoms with Gasteiger partial charge in [0.05, 0.1) is 12.2 Å². The normalized spacial score (nSPS) is 17.9. The number of ether oxygens (including phenoxy) is 1. The van der Waals surface area contributed by atoms with Gasteiger partial charge in [0.1, 0.15) is 11.4 Å². The van der Waals surface area contributed by atoms with Crippen LogP contribution in [0.3, 0.4) is 0 Å². The largest absolute Gasteiger partial charge is 0.444 e. The Bertz CT molecular complexity index is 760. The number of aryl methyl sites for hydroxylation is 2. The standard InChI is InChI=1S/C15H20N4O3/c1-8-6-11-16-9(2)17-19(11)12-10(8)7-18(13(12)20)14(21)22-15(3,4)5/h6,13,20H,7H2,1-5H3. The first-order chi connectivity index (χ1) is 10.2. The number of hydrogen-bond acceptors (Lipinski definition) is 5. The molecule has 1 aliphatic rings. The van der Waals surface area contributed by atoms with E-state index in [-0.39, 0.29) is 0 Å². The molecule has 2 aromatic heterocycles. The Kier molecular flexibility index (Phi) is 3.14. The van der Waals surface area contributed by atoms with E-state index in [1.807, 2.05) is 13.0 Å². The number of aromatic nitrogens is 3. The van der Waals surface area contributed by atoms with Gasteiger partial charge in [-0.3, -0.25) is 4.90 Å². The van der Waals surface area contributed by atoms with E-state index in [1.54, 1.807) is 32.2 Å². The Morgan fingerprint density at radius 2 is 2.09 bits per heavy atom. The van der Waals surface area contributed by atoms with Crippen molar-refractivity contribution in [2.45, 2.75) is 53.0 Å². The Morgan fingerprint density at radius 1 is 1.41 bits per heavy atom. The van der Waals surface area contributed by atoms with Crippen LogP contribution in [0.4, 0.5) is 4.79 Å². The molecule has 0 radical (unpaired) electrons. The summed E-state index contributed by atoms with van der Waals surface area (Å²) in [6.07, 6.45) is -1.63. The van der Waals surface area contributed by atoms with Gasteiger partial charge in [0.2, 0.25) is 0 Å². The van der Waals surface area contributed by atoms with Crippen LogP contribution in [0.2, 0.25) is 0 Å². The van der Waals surface area contributed by atoms with E-state index in [4.69, 9.17) is 4.74 Å². The highest BCUT2D eigenvalue weighted by atomic mass is 16.6. The number of fused-ring (bicyclic) bond motifs is 3. The minimum absolute atomic E-state index is 0.298. The van der Waals surface area contributed by atoms with Gasteiger partial charge in [0.15, 0.2) is 11.9 Å². The summed E-state index contributed by atoms with van der Waals surface area (Å²) >= 11 is 0. The third-order valence-corrected chi connectivity index (χ3v) is 3.59. The zero-order chi connectivity index (χ0) is 16.2. The molecular weight excluding hydrogens is 284 g/mol. The highest BCUT2D eigenvalue weighted by molar-refractivity contribution is 5.70. The lowest BCUT2D eigenvalue weighted by molar-refractivity contribution is -0.0274. The summed E-state index contributed by atoms with van der Waals surface area (Å²) in [5.41, 5.74) is 2.50. The van der Waals surface area contributed by atoms with Crippen molar-refractivity contribution in [1.29, 1.82) is 0 Å². The maximum atomic E-state index is 12.3. The number of nitrogens with zero attached hydrogens (tertiary/aromatic N) is 4. The van der Waals surface area contributed by atoms with Crippen LogP contribution in [0.1, 0.15) is 49.6 Å². The van der Waals surface area contributed by atoms with Gasteiger partial charge in [0, 0.05) is 5.56 Å². The fraction of sp³-hybridized carbons (Fsp3) is 0.533. The van der Waals surface area contributed by atoms with Crippen molar-refractivity contribution in [3.05, 3.63) is 28.7 Å². The third-order valence-electron chi connectivity index (χ3n) is 3.59. The Labute approximate surface area is 128 Å². The maximum absolute atomic E-state index is 12.3. The lowest BCUT2D eigenvalue weighted by Gasteiger charge is -2.26. The Morgan fingerprint density at radius 3 is 2.73 bits per heavy atom. The van der Waals surface area contributed by atoms with Crippen molar-refractivity contribution in [1.82, 2.24) is 19.5 Å². The van der Waals surface area contributed by atoms with Crippen LogP contribution in [0, 0.1) is 13.8 Å². The second-order valence-electron chi connectivity index (χ2n) is 6.60. The Balaban J connectivity index is 2.03. The molecular formula is C15H20N4O3. The molecule has 1 amide bonds. The number of hydrogen-bond donors (Lipinski definition) is 1. The lowest BCUT2D eigenvalue weighted by Crippen LogP contribution is -2.36. The molecule has 7 nitrogen and oxygen atoms in total. The van der Waals surface area contributed by atoms with Crippen LogP contribution in [0.15, 0.2) is 6.07 Å². The van der Waals surface area contributed by atoms with Gasteiger partial charge < -0.3 is 9.84 Å². The number of carbonyl (C=O) groups is 1. The average Bonchev–Trinajstić information content (AvgIpc) is 2.88. The third kappa shape index (κ3) is 2.31. The molecule has 1 atom stereocenters. The van der Waals surface area contributed by atoms with Gasteiger partial charge >= 0.3 is 6.09 Å². The van der Waals surface area contributed by atoms with Crippen LogP contribution >= 0.6 is 0 Å². The van der Waals surface area contributed by atoms with E-state index in [0.29, 0.717) is 23.7 Å². The summed E-state index contributed by atoms with van der Waals surface area (Å²) in [5.74, 6) is 0.621. The monoisotopic (exact) mass is 304 g/mol. The van der Waals surface area contributed by atoms with Crippen molar-refractivity contribution in [2.75, 3.05) is 0 Å². The molecule has 7 heteroatoms. The molecule has 0 aliphatic carbocycles. The zero-order valence-corrected chi connectivity index (χ0v) is 13.4. The summed E-state index contributed by atoms with van der Waals surface area (Å²) in [6, 6.07) is 1.91. The van der Waals surface area contributed by atoms with E-state index in [0.717, 1.165) is 11.1 Å².